The van der Waals surface area contributed by atoms with E-state index in [4.69, 9.17) is 9.47 Å². The van der Waals surface area contributed by atoms with Gasteiger partial charge in [0.1, 0.15) is 11.5 Å². The molecule has 28 heavy (non-hydrogen) atoms. The molecule has 1 aliphatic heterocycles. The molecule has 6 nitrogen and oxygen atoms in total. The van der Waals surface area contributed by atoms with E-state index < -0.39 is 0 Å². The molecule has 0 amide bonds. The molecule has 1 fully saturated rings. The van der Waals surface area contributed by atoms with Crippen molar-refractivity contribution in [1.82, 2.24) is 15.5 Å². The van der Waals surface area contributed by atoms with E-state index in [1.165, 1.54) is 5.56 Å². The number of guanidine groups is 1. The number of hydrogen-bond donors (Lipinski definition) is 2. The van der Waals surface area contributed by atoms with Crippen molar-refractivity contribution < 1.29 is 9.47 Å². The summed E-state index contributed by atoms with van der Waals surface area (Å²) in [7, 11) is 3.37. The van der Waals surface area contributed by atoms with Crippen molar-refractivity contribution in [1.29, 1.82) is 0 Å². The minimum atomic E-state index is 0. The van der Waals surface area contributed by atoms with Crippen molar-refractivity contribution in [2.75, 3.05) is 40.4 Å². The minimum absolute atomic E-state index is 0. The molecule has 7 heteroatoms. The number of aliphatic imine (C=N–C) groups is 1. The summed E-state index contributed by atoms with van der Waals surface area (Å²) in [5.74, 6) is 2.58. The molecule has 1 aromatic carbocycles. The standard InChI is InChI=1S/C21H34N4O2.HI/c1-5-7-8-10-23-21(22-6-2)24-18-9-11-25(16-18)15-17-12-19(26-3)14-20(13-17)27-4;/h5,7,12-14,18H,6,8-11,15-16H2,1-4H3,(H2,22,23,24);1H/b7-5+;. The third-order valence-electron chi connectivity index (χ3n) is 4.58. The van der Waals surface area contributed by atoms with Gasteiger partial charge < -0.3 is 20.1 Å². The fourth-order valence-electron chi connectivity index (χ4n) is 3.24. The number of nitrogens with zero attached hydrogens (tertiary/aromatic N) is 2. The summed E-state index contributed by atoms with van der Waals surface area (Å²) in [4.78, 5) is 7.11. The molecule has 1 aliphatic rings. The van der Waals surface area contributed by atoms with Gasteiger partial charge in [-0.1, -0.05) is 12.2 Å². The number of rotatable bonds is 9. The van der Waals surface area contributed by atoms with Crippen LogP contribution in [0.3, 0.4) is 0 Å². The van der Waals surface area contributed by atoms with Gasteiger partial charge in [0.05, 0.1) is 14.2 Å². The molecule has 0 radical (unpaired) electrons. The number of likely N-dealkylation sites (tertiary alicyclic amines) is 1. The molecule has 0 aromatic heterocycles. The molecule has 158 valence electrons. The number of halogens is 1. The number of benzene rings is 1. The lowest BCUT2D eigenvalue weighted by atomic mass is 10.2. The molecule has 0 bridgehead atoms. The Balaban J connectivity index is 0.00000392. The summed E-state index contributed by atoms with van der Waals surface area (Å²) >= 11 is 0. The largest absolute Gasteiger partial charge is 0.497 e. The summed E-state index contributed by atoms with van der Waals surface area (Å²) in [6.45, 7) is 8.77. The van der Waals surface area contributed by atoms with Crippen LogP contribution in [0.1, 0.15) is 32.3 Å². The molecule has 2 N–H and O–H groups in total. The van der Waals surface area contributed by atoms with E-state index in [-0.39, 0.29) is 24.0 Å². The zero-order valence-corrected chi connectivity index (χ0v) is 19.9. The molecular weight excluding hydrogens is 467 g/mol. The average Bonchev–Trinajstić information content (AvgIpc) is 3.11. The van der Waals surface area contributed by atoms with Crippen LogP contribution in [0.25, 0.3) is 0 Å². The second kappa shape index (κ2) is 13.7. The van der Waals surface area contributed by atoms with Gasteiger partial charge in [-0.3, -0.25) is 9.89 Å². The van der Waals surface area contributed by atoms with Crippen LogP contribution in [0.2, 0.25) is 0 Å². The Labute approximate surface area is 186 Å². The van der Waals surface area contributed by atoms with Gasteiger partial charge in [-0.25, -0.2) is 0 Å². The molecular formula is C21H35IN4O2. The number of hydrogen-bond acceptors (Lipinski definition) is 4. The van der Waals surface area contributed by atoms with E-state index in [2.05, 4.69) is 51.7 Å². The topological polar surface area (TPSA) is 58.1 Å². The first kappa shape index (κ1) is 24.6. The van der Waals surface area contributed by atoms with Gasteiger partial charge in [0.25, 0.3) is 0 Å². The smallest absolute Gasteiger partial charge is 0.191 e. The first-order valence-corrected chi connectivity index (χ1v) is 9.78. The maximum atomic E-state index is 5.38. The van der Waals surface area contributed by atoms with Crippen LogP contribution >= 0.6 is 24.0 Å². The molecule has 1 aromatic rings. The predicted octanol–water partition coefficient (Wildman–Crippen LogP) is 3.42. The van der Waals surface area contributed by atoms with Gasteiger partial charge in [0.2, 0.25) is 0 Å². The van der Waals surface area contributed by atoms with Gasteiger partial charge in [-0.05, 0) is 44.4 Å². The summed E-state index contributed by atoms with van der Waals surface area (Å²) < 4.78 is 10.8. The fourth-order valence-corrected chi connectivity index (χ4v) is 3.24. The van der Waals surface area contributed by atoms with Gasteiger partial charge in [0.15, 0.2) is 5.96 Å². The van der Waals surface area contributed by atoms with Gasteiger partial charge in [0, 0.05) is 44.8 Å². The average molecular weight is 502 g/mol. The Morgan fingerprint density at radius 3 is 2.57 bits per heavy atom. The Hall–Kier alpha value is -1.48. The summed E-state index contributed by atoms with van der Waals surface area (Å²) in [5.41, 5.74) is 1.21. The highest BCUT2D eigenvalue weighted by Crippen LogP contribution is 2.24. The summed E-state index contributed by atoms with van der Waals surface area (Å²) in [6.07, 6.45) is 6.30. The zero-order chi connectivity index (χ0) is 19.5. The highest BCUT2D eigenvalue weighted by molar-refractivity contribution is 14.0. The monoisotopic (exact) mass is 502 g/mol. The van der Waals surface area contributed by atoms with Gasteiger partial charge in [-0.15, -0.1) is 24.0 Å². The quantitative estimate of drug-likeness (QED) is 0.178. The number of allylic oxidation sites excluding steroid dienone is 1. The van der Waals surface area contributed by atoms with E-state index in [1.807, 2.05) is 13.0 Å². The van der Waals surface area contributed by atoms with E-state index in [9.17, 15) is 0 Å². The van der Waals surface area contributed by atoms with Crippen LogP contribution in [-0.4, -0.2) is 57.3 Å². The van der Waals surface area contributed by atoms with E-state index >= 15 is 0 Å². The van der Waals surface area contributed by atoms with Crippen molar-refractivity contribution in [3.05, 3.63) is 35.9 Å². The first-order valence-electron chi connectivity index (χ1n) is 9.78. The van der Waals surface area contributed by atoms with E-state index in [0.717, 1.165) is 63.0 Å². The third kappa shape index (κ3) is 8.26. The summed E-state index contributed by atoms with van der Waals surface area (Å²) in [5, 5.41) is 6.92. The lowest BCUT2D eigenvalue weighted by Crippen LogP contribution is -2.44. The van der Waals surface area contributed by atoms with Gasteiger partial charge in [-0.2, -0.15) is 0 Å². The molecule has 1 heterocycles. The van der Waals surface area contributed by atoms with Crippen LogP contribution < -0.4 is 20.1 Å². The van der Waals surface area contributed by atoms with Crippen molar-refractivity contribution in [2.45, 2.75) is 39.3 Å². The highest BCUT2D eigenvalue weighted by atomic mass is 127. The van der Waals surface area contributed by atoms with Crippen molar-refractivity contribution in [2.24, 2.45) is 4.99 Å². The van der Waals surface area contributed by atoms with Crippen molar-refractivity contribution in [3.8, 4) is 11.5 Å². The molecule has 2 rings (SSSR count). The lowest BCUT2D eigenvalue weighted by molar-refractivity contribution is 0.321. The lowest BCUT2D eigenvalue weighted by Gasteiger charge is -2.19. The third-order valence-corrected chi connectivity index (χ3v) is 4.58. The second-order valence-electron chi connectivity index (χ2n) is 6.70. The minimum Gasteiger partial charge on any atom is -0.497 e. The second-order valence-corrected chi connectivity index (χ2v) is 6.70. The van der Waals surface area contributed by atoms with E-state index in [0.29, 0.717) is 6.04 Å². The number of ether oxygens (including phenoxy) is 2. The molecule has 0 saturated carbocycles. The highest BCUT2D eigenvalue weighted by Gasteiger charge is 2.23. The van der Waals surface area contributed by atoms with E-state index in [1.54, 1.807) is 14.2 Å². The Morgan fingerprint density at radius 2 is 1.96 bits per heavy atom. The SMILES string of the molecule is C/C=C/CCN=C(NCC)NC1CCN(Cc2cc(OC)cc(OC)c2)C1.I. The van der Waals surface area contributed by atoms with Gasteiger partial charge >= 0.3 is 0 Å². The predicted molar refractivity (Wildman–Crippen MR) is 127 cm³/mol. The first-order chi connectivity index (χ1) is 13.2. The van der Waals surface area contributed by atoms with Crippen molar-refractivity contribution in [3.63, 3.8) is 0 Å². The Bertz CT molecular complexity index is 615. The zero-order valence-electron chi connectivity index (χ0n) is 17.5. The molecule has 0 spiro atoms. The molecule has 1 saturated heterocycles. The van der Waals surface area contributed by atoms with Crippen molar-refractivity contribution >= 4 is 29.9 Å². The molecule has 0 aliphatic carbocycles. The Kier molecular flexibility index (Phi) is 12.0. The normalized spacial score (nSPS) is 17.4. The number of methoxy groups -OCH3 is 2. The molecule has 1 atom stereocenters. The van der Waals surface area contributed by atoms with Crippen LogP contribution in [-0.2, 0) is 6.54 Å². The molecule has 1 unspecified atom stereocenters. The summed E-state index contributed by atoms with van der Waals surface area (Å²) in [6, 6.07) is 6.48. The Morgan fingerprint density at radius 1 is 1.25 bits per heavy atom. The van der Waals surface area contributed by atoms with Crippen LogP contribution in [0.5, 0.6) is 11.5 Å². The van der Waals surface area contributed by atoms with Crippen LogP contribution in [0.15, 0.2) is 35.3 Å². The van der Waals surface area contributed by atoms with Crippen LogP contribution in [0, 0.1) is 0 Å². The number of nitrogens with one attached hydrogen (secondary N) is 2. The fraction of sp³-hybridized carbons (Fsp3) is 0.571. The maximum absolute atomic E-state index is 5.38. The maximum Gasteiger partial charge on any atom is 0.191 e. The van der Waals surface area contributed by atoms with Crippen LogP contribution in [0.4, 0.5) is 0 Å².